The van der Waals surface area contributed by atoms with Crippen molar-refractivity contribution >= 4 is 34.0 Å². The molecule has 0 unspecified atom stereocenters. The number of nitrogens with zero attached hydrogens (tertiary/aromatic N) is 4. The van der Waals surface area contributed by atoms with E-state index in [-0.39, 0.29) is 5.91 Å². The molecule has 1 aromatic carbocycles. The maximum atomic E-state index is 12.4. The molecule has 7 heteroatoms. The number of anilines is 1. The molecular formula is C18H19N5OS. The fourth-order valence-corrected chi connectivity index (χ4v) is 3.78. The molecule has 1 aliphatic rings. The monoisotopic (exact) mass is 353 g/mol. The second kappa shape index (κ2) is 6.78. The third-order valence-electron chi connectivity index (χ3n) is 4.44. The van der Waals surface area contributed by atoms with Gasteiger partial charge in [0.1, 0.15) is 11.6 Å². The maximum absolute atomic E-state index is 12.4. The van der Waals surface area contributed by atoms with Gasteiger partial charge in [0.2, 0.25) is 0 Å². The highest BCUT2D eigenvalue weighted by atomic mass is 32.1. The molecule has 0 aliphatic carbocycles. The first-order chi connectivity index (χ1) is 12.2. The largest absolute Gasteiger partial charge is 0.383 e. The van der Waals surface area contributed by atoms with E-state index in [9.17, 15) is 4.79 Å². The molecule has 0 bridgehead atoms. The molecule has 3 aromatic rings. The molecule has 1 aliphatic heterocycles. The van der Waals surface area contributed by atoms with Crippen molar-refractivity contribution in [2.75, 3.05) is 31.9 Å². The Kier molecular flexibility index (Phi) is 4.33. The number of nitrogen functional groups attached to an aromatic ring is 1. The summed E-state index contributed by atoms with van der Waals surface area (Å²) in [4.78, 5) is 26.4. The van der Waals surface area contributed by atoms with E-state index in [1.807, 2.05) is 46.7 Å². The van der Waals surface area contributed by atoms with Crippen LogP contribution < -0.4 is 5.73 Å². The van der Waals surface area contributed by atoms with E-state index >= 15 is 0 Å². The van der Waals surface area contributed by atoms with Crippen LogP contribution in [0.2, 0.25) is 0 Å². The van der Waals surface area contributed by atoms with Gasteiger partial charge < -0.3 is 10.6 Å². The van der Waals surface area contributed by atoms with Crippen LogP contribution in [0.15, 0.2) is 41.8 Å². The van der Waals surface area contributed by atoms with Crippen molar-refractivity contribution in [2.45, 2.75) is 6.54 Å². The molecule has 1 amide bonds. The summed E-state index contributed by atoms with van der Waals surface area (Å²) in [6.07, 6.45) is 0. The lowest BCUT2D eigenvalue weighted by molar-refractivity contribution is 0.0630. The quantitative estimate of drug-likeness (QED) is 0.781. The fourth-order valence-electron chi connectivity index (χ4n) is 3.09. The molecule has 1 saturated heterocycles. The van der Waals surface area contributed by atoms with Crippen LogP contribution in [-0.4, -0.2) is 51.9 Å². The van der Waals surface area contributed by atoms with Gasteiger partial charge in [-0.25, -0.2) is 9.97 Å². The lowest BCUT2D eigenvalue weighted by Crippen LogP contribution is -2.48. The average Bonchev–Trinajstić information content (AvgIpc) is 3.16. The first-order valence-corrected chi connectivity index (χ1v) is 9.15. The van der Waals surface area contributed by atoms with E-state index < -0.39 is 0 Å². The van der Waals surface area contributed by atoms with Crippen LogP contribution in [0.1, 0.15) is 15.5 Å². The Morgan fingerprint density at radius 3 is 2.64 bits per heavy atom. The van der Waals surface area contributed by atoms with Crippen LogP contribution in [-0.2, 0) is 6.54 Å². The van der Waals surface area contributed by atoms with Crippen molar-refractivity contribution in [1.29, 1.82) is 0 Å². The van der Waals surface area contributed by atoms with E-state index in [0.717, 1.165) is 47.8 Å². The standard InChI is InChI=1S/C18H19N5OS/c19-17-13-4-1-2-5-14(13)20-16(21-17)12-22-7-9-23(10-8-22)18(24)15-6-3-11-25-15/h1-6,11H,7-10,12H2,(H2,19,20,21). The van der Waals surface area contributed by atoms with E-state index in [2.05, 4.69) is 14.9 Å². The Balaban J connectivity index is 1.41. The molecule has 6 nitrogen and oxygen atoms in total. The van der Waals surface area contributed by atoms with Crippen LogP contribution in [0.4, 0.5) is 5.82 Å². The summed E-state index contributed by atoms with van der Waals surface area (Å²) < 4.78 is 0. The summed E-state index contributed by atoms with van der Waals surface area (Å²) >= 11 is 1.49. The van der Waals surface area contributed by atoms with Crippen molar-refractivity contribution in [2.24, 2.45) is 0 Å². The number of hydrogen-bond acceptors (Lipinski definition) is 6. The van der Waals surface area contributed by atoms with Gasteiger partial charge in [-0.1, -0.05) is 18.2 Å². The Hall–Kier alpha value is -2.51. The number of benzene rings is 1. The molecule has 0 spiro atoms. The van der Waals surface area contributed by atoms with E-state index in [4.69, 9.17) is 5.73 Å². The number of hydrogen-bond donors (Lipinski definition) is 1. The van der Waals surface area contributed by atoms with Crippen LogP contribution >= 0.6 is 11.3 Å². The highest BCUT2D eigenvalue weighted by Gasteiger charge is 2.23. The Labute approximate surface area is 149 Å². The third-order valence-corrected chi connectivity index (χ3v) is 5.29. The van der Waals surface area contributed by atoms with E-state index in [1.165, 1.54) is 11.3 Å². The zero-order valence-electron chi connectivity index (χ0n) is 13.8. The number of nitrogens with two attached hydrogens (primary N) is 1. The van der Waals surface area contributed by atoms with Gasteiger partial charge in [-0.05, 0) is 23.6 Å². The van der Waals surface area contributed by atoms with Gasteiger partial charge >= 0.3 is 0 Å². The molecule has 2 N–H and O–H groups in total. The minimum Gasteiger partial charge on any atom is -0.383 e. The summed E-state index contributed by atoms with van der Waals surface area (Å²) in [5, 5.41) is 2.82. The molecule has 4 rings (SSSR count). The normalized spacial score (nSPS) is 15.6. The summed E-state index contributed by atoms with van der Waals surface area (Å²) in [5.41, 5.74) is 6.93. The predicted molar refractivity (Wildman–Crippen MR) is 99.4 cm³/mol. The van der Waals surface area contributed by atoms with E-state index in [0.29, 0.717) is 12.4 Å². The SMILES string of the molecule is Nc1nc(CN2CCN(C(=O)c3cccs3)CC2)nc2ccccc12. The molecule has 3 heterocycles. The Bertz CT molecular complexity index is 888. The molecule has 0 radical (unpaired) electrons. The van der Waals surface area contributed by atoms with Crippen molar-refractivity contribution in [3.63, 3.8) is 0 Å². The van der Waals surface area contributed by atoms with Crippen LogP contribution in [0.5, 0.6) is 0 Å². The van der Waals surface area contributed by atoms with Crippen molar-refractivity contribution in [1.82, 2.24) is 19.8 Å². The average molecular weight is 353 g/mol. The molecule has 1 fully saturated rings. The van der Waals surface area contributed by atoms with Crippen molar-refractivity contribution in [3.05, 3.63) is 52.5 Å². The number of para-hydroxylation sites is 1. The number of thiophene rings is 1. The molecule has 0 atom stereocenters. The number of rotatable bonds is 3. The second-order valence-corrected chi connectivity index (χ2v) is 7.04. The smallest absolute Gasteiger partial charge is 0.264 e. The van der Waals surface area contributed by atoms with Gasteiger partial charge in [0, 0.05) is 31.6 Å². The second-order valence-electron chi connectivity index (χ2n) is 6.09. The van der Waals surface area contributed by atoms with Crippen LogP contribution in [0.3, 0.4) is 0 Å². The number of aromatic nitrogens is 2. The van der Waals surface area contributed by atoms with Gasteiger partial charge in [-0.3, -0.25) is 9.69 Å². The summed E-state index contributed by atoms with van der Waals surface area (Å²) in [7, 11) is 0. The van der Waals surface area contributed by atoms with Gasteiger partial charge in [-0.2, -0.15) is 0 Å². The first kappa shape index (κ1) is 16.0. The molecule has 128 valence electrons. The number of carbonyl (C=O) groups is 1. The van der Waals surface area contributed by atoms with Gasteiger partial charge in [-0.15, -0.1) is 11.3 Å². The van der Waals surface area contributed by atoms with Crippen LogP contribution in [0.25, 0.3) is 10.9 Å². The highest BCUT2D eigenvalue weighted by Crippen LogP contribution is 2.18. The highest BCUT2D eigenvalue weighted by molar-refractivity contribution is 7.12. The van der Waals surface area contributed by atoms with Gasteiger partial charge in [0.25, 0.3) is 5.91 Å². The number of amides is 1. The minimum atomic E-state index is 0.126. The van der Waals surface area contributed by atoms with Crippen LogP contribution in [0, 0.1) is 0 Å². The van der Waals surface area contributed by atoms with Crippen molar-refractivity contribution < 1.29 is 4.79 Å². The molecule has 25 heavy (non-hydrogen) atoms. The zero-order valence-corrected chi connectivity index (χ0v) is 14.6. The molecular weight excluding hydrogens is 334 g/mol. The number of fused-ring (bicyclic) bond motifs is 1. The number of piperazine rings is 1. The molecule has 2 aromatic heterocycles. The third kappa shape index (κ3) is 3.33. The van der Waals surface area contributed by atoms with Gasteiger partial charge in [0.15, 0.2) is 0 Å². The van der Waals surface area contributed by atoms with Gasteiger partial charge in [0.05, 0.1) is 16.9 Å². The van der Waals surface area contributed by atoms with E-state index in [1.54, 1.807) is 0 Å². The molecule has 0 saturated carbocycles. The zero-order chi connectivity index (χ0) is 17.2. The summed E-state index contributed by atoms with van der Waals surface area (Å²) in [6, 6.07) is 11.6. The first-order valence-electron chi connectivity index (χ1n) is 8.27. The number of carbonyl (C=O) groups excluding carboxylic acids is 1. The van der Waals surface area contributed by atoms with Crippen molar-refractivity contribution in [3.8, 4) is 0 Å². The topological polar surface area (TPSA) is 75.3 Å². The lowest BCUT2D eigenvalue weighted by atomic mass is 10.2. The Morgan fingerprint density at radius 1 is 1.08 bits per heavy atom. The lowest BCUT2D eigenvalue weighted by Gasteiger charge is -2.34. The minimum absolute atomic E-state index is 0.126. The summed E-state index contributed by atoms with van der Waals surface area (Å²) in [5.74, 6) is 1.38. The predicted octanol–water partition coefficient (Wildman–Crippen LogP) is 2.23. The maximum Gasteiger partial charge on any atom is 0.264 e. The summed E-state index contributed by atoms with van der Waals surface area (Å²) in [6.45, 7) is 3.72. The fraction of sp³-hybridized carbons (Fsp3) is 0.278. The Morgan fingerprint density at radius 2 is 1.88 bits per heavy atom.